The lowest BCUT2D eigenvalue weighted by Crippen LogP contribution is -2.25. The molecule has 0 bridgehead atoms. The quantitative estimate of drug-likeness (QED) is 0.271. The highest BCUT2D eigenvalue weighted by molar-refractivity contribution is 6.16. The fraction of sp³-hybridized carbons (Fsp3) is 0.345. The minimum absolute atomic E-state index is 0.154. The fourth-order valence-corrected chi connectivity index (χ4v) is 4.71. The van der Waals surface area contributed by atoms with Gasteiger partial charge in [-0.25, -0.2) is 9.97 Å². The van der Waals surface area contributed by atoms with Gasteiger partial charge >= 0.3 is 6.18 Å². The van der Waals surface area contributed by atoms with Gasteiger partial charge in [-0.15, -0.1) is 0 Å². The summed E-state index contributed by atoms with van der Waals surface area (Å²) in [5, 5.41) is 3.16. The van der Waals surface area contributed by atoms with Crippen molar-refractivity contribution < 1.29 is 32.2 Å². The SMILES string of the molecule is C[C@H](COC1CCCCO1)n1cc(C(=O)c2cncc(NC(=O)Cc3cccc(C(F)(F)F)c3)c2)c2cncnc21. The lowest BCUT2D eigenvalue weighted by Gasteiger charge is -2.24. The van der Waals surface area contributed by atoms with Crippen LogP contribution in [0, 0.1) is 0 Å². The van der Waals surface area contributed by atoms with Gasteiger partial charge in [-0.3, -0.25) is 14.6 Å². The maximum absolute atomic E-state index is 13.6. The molecule has 4 heterocycles. The van der Waals surface area contributed by atoms with Gasteiger partial charge in [0.25, 0.3) is 0 Å². The molecule has 9 nitrogen and oxygen atoms in total. The second kappa shape index (κ2) is 12.1. The number of carbonyl (C=O) groups is 2. The number of nitrogens with one attached hydrogen (secondary N) is 1. The third-order valence-electron chi connectivity index (χ3n) is 6.78. The Balaban J connectivity index is 1.31. The highest BCUT2D eigenvalue weighted by Gasteiger charge is 2.30. The van der Waals surface area contributed by atoms with Gasteiger partial charge in [-0.1, -0.05) is 18.2 Å². The zero-order valence-electron chi connectivity index (χ0n) is 22.2. The molecule has 1 fully saturated rings. The number of rotatable bonds is 9. The fourth-order valence-electron chi connectivity index (χ4n) is 4.71. The van der Waals surface area contributed by atoms with Crippen molar-refractivity contribution >= 4 is 28.4 Å². The number of alkyl halides is 3. The average Bonchev–Trinajstić information content (AvgIpc) is 3.36. The lowest BCUT2D eigenvalue weighted by atomic mass is 10.1. The van der Waals surface area contributed by atoms with Crippen LogP contribution in [-0.4, -0.2) is 50.7 Å². The molecule has 4 aromatic rings. The second-order valence-corrected chi connectivity index (χ2v) is 9.90. The Morgan fingerprint density at radius 1 is 1.17 bits per heavy atom. The van der Waals surface area contributed by atoms with Crippen LogP contribution in [0.2, 0.25) is 0 Å². The molecule has 1 N–H and O–H groups in total. The van der Waals surface area contributed by atoms with Crippen LogP contribution in [0.25, 0.3) is 11.0 Å². The largest absolute Gasteiger partial charge is 0.416 e. The monoisotopic (exact) mass is 567 g/mol. The number of halogens is 3. The molecule has 1 amide bonds. The number of ether oxygens (including phenoxy) is 2. The Kier molecular flexibility index (Phi) is 8.41. The maximum atomic E-state index is 13.6. The predicted molar refractivity (Wildman–Crippen MR) is 143 cm³/mol. The number of pyridine rings is 1. The van der Waals surface area contributed by atoms with Crippen molar-refractivity contribution in [1.82, 2.24) is 19.5 Å². The summed E-state index contributed by atoms with van der Waals surface area (Å²) in [6, 6.07) is 5.89. The number of amides is 1. The van der Waals surface area contributed by atoms with Gasteiger partial charge in [-0.05, 0) is 43.9 Å². The highest BCUT2D eigenvalue weighted by Crippen LogP contribution is 2.30. The van der Waals surface area contributed by atoms with Crippen LogP contribution >= 0.6 is 0 Å². The molecule has 5 rings (SSSR count). The number of hydrogen-bond acceptors (Lipinski definition) is 7. The maximum Gasteiger partial charge on any atom is 0.416 e. The van der Waals surface area contributed by atoms with Gasteiger partial charge in [0.2, 0.25) is 5.91 Å². The molecule has 1 unspecified atom stereocenters. The van der Waals surface area contributed by atoms with E-state index in [0.29, 0.717) is 29.8 Å². The normalized spacial score (nSPS) is 16.4. The van der Waals surface area contributed by atoms with E-state index in [0.717, 1.165) is 31.4 Å². The molecule has 12 heteroatoms. The van der Waals surface area contributed by atoms with E-state index in [1.165, 1.54) is 36.9 Å². The van der Waals surface area contributed by atoms with Crippen LogP contribution in [0.5, 0.6) is 0 Å². The van der Waals surface area contributed by atoms with Crippen LogP contribution in [0.1, 0.15) is 59.3 Å². The molecular weight excluding hydrogens is 539 g/mol. The van der Waals surface area contributed by atoms with Crippen molar-refractivity contribution in [3.63, 3.8) is 0 Å². The van der Waals surface area contributed by atoms with E-state index in [1.54, 1.807) is 12.4 Å². The van der Waals surface area contributed by atoms with Crippen molar-refractivity contribution in [3.05, 3.63) is 83.7 Å². The number of aromatic nitrogens is 4. The third kappa shape index (κ3) is 6.77. The van der Waals surface area contributed by atoms with E-state index in [-0.39, 0.29) is 41.4 Å². The molecule has 1 aromatic carbocycles. The molecule has 0 radical (unpaired) electrons. The Hall–Kier alpha value is -4.16. The van der Waals surface area contributed by atoms with Crippen molar-refractivity contribution in [3.8, 4) is 0 Å². The van der Waals surface area contributed by atoms with E-state index < -0.39 is 17.6 Å². The van der Waals surface area contributed by atoms with Gasteiger partial charge in [0.05, 0.1) is 42.1 Å². The molecule has 1 aliphatic heterocycles. The van der Waals surface area contributed by atoms with Crippen molar-refractivity contribution in [2.24, 2.45) is 0 Å². The summed E-state index contributed by atoms with van der Waals surface area (Å²) >= 11 is 0. The Bertz CT molecular complexity index is 1550. The second-order valence-electron chi connectivity index (χ2n) is 9.90. The first-order chi connectivity index (χ1) is 19.7. The van der Waals surface area contributed by atoms with Gasteiger partial charge in [0, 0.05) is 36.1 Å². The number of anilines is 1. The van der Waals surface area contributed by atoms with Crippen LogP contribution in [0.15, 0.2) is 61.4 Å². The standard InChI is InChI=1S/C29H28F3N5O4/c1-18(16-41-26-7-2-3-8-40-26)37-15-24(23-14-34-17-35-28(23)37)27(39)20-11-22(13-33-12-20)36-25(38)10-19-5-4-6-21(9-19)29(30,31)32/h4-6,9,11-15,17-18,26H,2-3,7-8,10,16H2,1H3,(H,36,38)/t18-,26?/m1/s1. The summed E-state index contributed by atoms with van der Waals surface area (Å²) < 4.78 is 52.5. The minimum Gasteiger partial charge on any atom is -0.353 e. The molecule has 1 saturated heterocycles. The predicted octanol–water partition coefficient (Wildman–Crippen LogP) is 5.36. The van der Waals surface area contributed by atoms with Crippen LogP contribution in [0.3, 0.4) is 0 Å². The summed E-state index contributed by atoms with van der Waals surface area (Å²) in [5.74, 6) is -0.898. The summed E-state index contributed by atoms with van der Waals surface area (Å²) in [6.07, 6.45) is 5.30. The molecule has 41 heavy (non-hydrogen) atoms. The number of hydrogen-bond donors (Lipinski definition) is 1. The van der Waals surface area contributed by atoms with E-state index in [2.05, 4.69) is 20.3 Å². The Morgan fingerprint density at radius 2 is 2.02 bits per heavy atom. The molecule has 0 spiro atoms. The van der Waals surface area contributed by atoms with Gasteiger partial charge < -0.3 is 19.4 Å². The number of nitrogens with zero attached hydrogens (tertiary/aromatic N) is 4. The van der Waals surface area contributed by atoms with E-state index in [9.17, 15) is 22.8 Å². The third-order valence-corrected chi connectivity index (χ3v) is 6.78. The van der Waals surface area contributed by atoms with Crippen LogP contribution in [-0.2, 0) is 26.9 Å². The molecular formula is C29H28F3N5O4. The topological polar surface area (TPSA) is 108 Å². The summed E-state index contributed by atoms with van der Waals surface area (Å²) in [4.78, 5) is 38.7. The first-order valence-electron chi connectivity index (χ1n) is 13.2. The summed E-state index contributed by atoms with van der Waals surface area (Å²) in [7, 11) is 0. The average molecular weight is 568 g/mol. The minimum atomic E-state index is -4.51. The Morgan fingerprint density at radius 3 is 2.80 bits per heavy atom. The molecule has 0 saturated carbocycles. The Labute approximate surface area is 233 Å². The zero-order chi connectivity index (χ0) is 29.0. The summed E-state index contributed by atoms with van der Waals surface area (Å²) in [5.41, 5.74) is 0.756. The van der Waals surface area contributed by atoms with Crippen molar-refractivity contribution in [1.29, 1.82) is 0 Å². The number of benzene rings is 1. The lowest BCUT2D eigenvalue weighted by molar-refractivity contribution is -0.166. The number of carbonyl (C=O) groups excluding carboxylic acids is 2. The molecule has 214 valence electrons. The molecule has 3 aromatic heterocycles. The van der Waals surface area contributed by atoms with Gasteiger partial charge in [0.15, 0.2) is 12.1 Å². The molecule has 0 aliphatic carbocycles. The first-order valence-corrected chi connectivity index (χ1v) is 13.2. The number of ketones is 1. The van der Waals surface area contributed by atoms with Gasteiger partial charge in [0.1, 0.15) is 12.0 Å². The summed E-state index contributed by atoms with van der Waals surface area (Å²) in [6.45, 7) is 3.00. The smallest absolute Gasteiger partial charge is 0.353 e. The van der Waals surface area contributed by atoms with Gasteiger partial charge in [-0.2, -0.15) is 13.2 Å². The highest BCUT2D eigenvalue weighted by atomic mass is 19.4. The van der Waals surface area contributed by atoms with Crippen LogP contribution in [0.4, 0.5) is 18.9 Å². The van der Waals surface area contributed by atoms with Crippen molar-refractivity contribution in [2.75, 3.05) is 18.5 Å². The molecule has 2 atom stereocenters. The van der Waals surface area contributed by atoms with E-state index in [4.69, 9.17) is 9.47 Å². The van der Waals surface area contributed by atoms with E-state index >= 15 is 0 Å². The van der Waals surface area contributed by atoms with Crippen LogP contribution < -0.4 is 5.32 Å². The first kappa shape index (κ1) is 28.4. The molecule has 1 aliphatic rings. The number of fused-ring (bicyclic) bond motifs is 1. The van der Waals surface area contributed by atoms with Crippen molar-refractivity contribution in [2.45, 2.75) is 51.1 Å². The van der Waals surface area contributed by atoms with E-state index in [1.807, 2.05) is 11.5 Å². The zero-order valence-corrected chi connectivity index (χ0v) is 22.2.